The molecule has 0 unspecified atom stereocenters. The normalized spacial score (nSPS) is 16.6. The van der Waals surface area contributed by atoms with E-state index in [1.165, 1.54) is 36.7 Å². The van der Waals surface area contributed by atoms with Gasteiger partial charge in [-0.25, -0.2) is 0 Å². The minimum atomic E-state index is -2.59. The van der Waals surface area contributed by atoms with Crippen LogP contribution in [0.3, 0.4) is 0 Å². The number of rotatable bonds is 4. The molecule has 1 radical (unpaired) electrons. The van der Waals surface area contributed by atoms with Crippen LogP contribution in [-0.4, -0.2) is 9.97 Å². The Labute approximate surface area is 350 Å². The van der Waals surface area contributed by atoms with E-state index < -0.39 is 39.2 Å². The van der Waals surface area contributed by atoms with Gasteiger partial charge in [-0.3, -0.25) is 0 Å². The number of furan rings is 2. The molecule has 0 saturated heterocycles. The predicted molar refractivity (Wildman–Crippen MR) is 219 cm³/mol. The maximum Gasteiger partial charge on any atom is 0.143 e. The first-order chi connectivity index (χ1) is 31.1. The fourth-order valence-corrected chi connectivity index (χ4v) is 6.43. The fraction of sp³-hybridized carbons (Fsp3) is 0.184. The largest absolute Gasteiger partial charge is 0.500 e. The topological polar surface area (TPSA) is 52.1 Å². The molecular weight excluding hydrogens is 841 g/mol. The van der Waals surface area contributed by atoms with E-state index in [1.807, 2.05) is 42.5 Å². The Hall–Kier alpha value is -5.35. The summed E-state index contributed by atoms with van der Waals surface area (Å²) in [4.78, 5) is 8.55. The zero-order valence-corrected chi connectivity index (χ0v) is 31.9. The third-order valence-electron chi connectivity index (χ3n) is 8.75. The maximum absolute atomic E-state index is 8.95. The molecule has 0 aliphatic carbocycles. The van der Waals surface area contributed by atoms with Crippen LogP contribution in [0.4, 0.5) is 0 Å². The number of benzene rings is 5. The first-order valence-corrected chi connectivity index (χ1v) is 17.0. The molecule has 0 saturated carbocycles. The average Bonchev–Trinajstić information content (AvgIpc) is 3.84. The van der Waals surface area contributed by atoms with Gasteiger partial charge in [0.25, 0.3) is 0 Å². The molecule has 4 nitrogen and oxygen atoms in total. The minimum absolute atomic E-state index is 0. The van der Waals surface area contributed by atoms with Crippen LogP contribution in [0.25, 0.3) is 77.5 Å². The van der Waals surface area contributed by atoms with E-state index in [1.54, 1.807) is 57.2 Å². The van der Waals surface area contributed by atoms with Crippen molar-refractivity contribution >= 4 is 43.9 Å². The Morgan fingerprint density at radius 3 is 2.19 bits per heavy atom. The molecule has 0 amide bonds. The van der Waals surface area contributed by atoms with Crippen molar-refractivity contribution in [3.63, 3.8) is 0 Å². The Bertz CT molecular complexity index is 3250. The van der Waals surface area contributed by atoms with Gasteiger partial charge in [-0.15, -0.1) is 53.6 Å². The molecular formula is C49H42IrN2O2-2. The number of nitrogens with zero attached hydrogens (tertiary/aromatic N) is 2. The van der Waals surface area contributed by atoms with Crippen LogP contribution in [0.15, 0.2) is 124 Å². The number of hydrogen-bond acceptors (Lipinski definition) is 4. The number of pyridine rings is 2. The van der Waals surface area contributed by atoms with Crippen LogP contribution >= 0.6 is 0 Å². The SMILES string of the molecule is [2H]C([2H])([2H])c1c[c-]c(-c2ccc(C([2H])([2H])[2H])cn2)cc1.[2H]C([2H])([2H])c1cc(-c2cccc3c2oc2ccccc23)c2oc3c(-c4cc(C([2H])([2H])C(C)(C)C)c(C([2H])([2H])[2H])cn4)[c-]ccc3c2c1.[Ir]. The quantitative estimate of drug-likeness (QED) is 0.165. The summed E-state index contributed by atoms with van der Waals surface area (Å²) in [7, 11) is 0. The molecule has 9 aromatic rings. The molecule has 0 atom stereocenters. The van der Waals surface area contributed by atoms with Crippen molar-refractivity contribution in [2.75, 3.05) is 0 Å². The van der Waals surface area contributed by atoms with Gasteiger partial charge < -0.3 is 18.8 Å². The number of fused-ring (bicyclic) bond motifs is 6. The molecule has 5 heteroatoms. The van der Waals surface area contributed by atoms with E-state index in [0.717, 1.165) is 10.8 Å². The van der Waals surface area contributed by atoms with E-state index in [2.05, 4.69) is 22.1 Å². The van der Waals surface area contributed by atoms with E-state index >= 15 is 0 Å². The van der Waals surface area contributed by atoms with Gasteiger partial charge in [-0.2, -0.15) is 0 Å². The molecule has 0 aliphatic rings. The molecule has 0 fully saturated rings. The van der Waals surface area contributed by atoms with Crippen molar-refractivity contribution < 1.29 is 48.1 Å². The summed E-state index contributed by atoms with van der Waals surface area (Å²) in [6.45, 7) is -4.20. The average molecular weight is 897 g/mol. The third-order valence-corrected chi connectivity index (χ3v) is 8.75. The first kappa shape index (κ1) is 23.4. The summed E-state index contributed by atoms with van der Waals surface area (Å²) in [6, 6.07) is 35.2. The van der Waals surface area contributed by atoms with Crippen molar-refractivity contribution in [3.8, 4) is 33.6 Å². The molecule has 0 aliphatic heterocycles. The Morgan fingerprint density at radius 1 is 0.648 bits per heavy atom. The Morgan fingerprint density at radius 2 is 1.43 bits per heavy atom. The van der Waals surface area contributed by atoms with Gasteiger partial charge in [0.1, 0.15) is 16.7 Å². The zero-order valence-electron chi connectivity index (χ0n) is 43.5. The summed E-state index contributed by atoms with van der Waals surface area (Å²) in [5.74, 6) is 0. The summed E-state index contributed by atoms with van der Waals surface area (Å²) in [5, 5.41) is 3.00. The zero-order chi connectivity index (χ0) is 48.6. The van der Waals surface area contributed by atoms with Gasteiger partial charge in [0.15, 0.2) is 0 Å². The van der Waals surface area contributed by atoms with Crippen LogP contribution in [0, 0.1) is 45.0 Å². The van der Waals surface area contributed by atoms with Crippen LogP contribution < -0.4 is 0 Å². The van der Waals surface area contributed by atoms with Crippen molar-refractivity contribution in [2.24, 2.45) is 5.41 Å². The monoisotopic (exact) mass is 897 g/mol. The first-order valence-electron chi connectivity index (χ1n) is 24.0. The van der Waals surface area contributed by atoms with Gasteiger partial charge in [-0.1, -0.05) is 98.7 Å². The molecule has 0 spiro atoms. The van der Waals surface area contributed by atoms with Gasteiger partial charge in [0.2, 0.25) is 0 Å². The summed E-state index contributed by atoms with van der Waals surface area (Å²) in [6.07, 6.45) is 0.480. The second-order valence-corrected chi connectivity index (χ2v) is 13.8. The summed E-state index contributed by atoms with van der Waals surface area (Å²) >= 11 is 0. The number of aryl methyl sites for hydroxylation is 4. The molecule has 0 bridgehead atoms. The van der Waals surface area contributed by atoms with E-state index in [-0.39, 0.29) is 53.6 Å². The number of aromatic nitrogens is 2. The molecule has 271 valence electrons. The molecule has 4 heterocycles. The second kappa shape index (κ2) is 14.8. The molecule has 5 aromatic carbocycles. The van der Waals surface area contributed by atoms with Gasteiger partial charge >= 0.3 is 0 Å². The van der Waals surface area contributed by atoms with Crippen LogP contribution in [0.5, 0.6) is 0 Å². The molecule has 0 N–H and O–H groups in total. The third kappa shape index (κ3) is 7.27. The van der Waals surface area contributed by atoms with Crippen LogP contribution in [0.2, 0.25) is 0 Å². The minimum Gasteiger partial charge on any atom is -0.500 e. The van der Waals surface area contributed by atoms with Gasteiger partial charge in [0, 0.05) is 79.0 Å². The molecule has 9 rings (SSSR count). The molecule has 54 heavy (non-hydrogen) atoms. The fourth-order valence-electron chi connectivity index (χ4n) is 6.43. The molecule has 4 aromatic heterocycles. The van der Waals surface area contributed by atoms with Gasteiger partial charge in [-0.05, 0) is 78.6 Å². The van der Waals surface area contributed by atoms with Crippen molar-refractivity contribution in [3.05, 3.63) is 155 Å². The van der Waals surface area contributed by atoms with Gasteiger partial charge in [0.05, 0.1) is 5.58 Å². The van der Waals surface area contributed by atoms with Crippen molar-refractivity contribution in [2.45, 2.75) is 54.6 Å². The van der Waals surface area contributed by atoms with Crippen LogP contribution in [-0.2, 0) is 26.5 Å². The number of hydrogen-bond donors (Lipinski definition) is 0. The van der Waals surface area contributed by atoms with E-state index in [9.17, 15) is 0 Å². The Kier molecular flexibility index (Phi) is 6.43. The van der Waals surface area contributed by atoms with Crippen molar-refractivity contribution in [1.82, 2.24) is 9.97 Å². The smallest absolute Gasteiger partial charge is 0.143 e. The maximum atomic E-state index is 8.95. The second-order valence-electron chi connectivity index (χ2n) is 13.8. The van der Waals surface area contributed by atoms with E-state index in [0.29, 0.717) is 61.1 Å². The standard InChI is InChI=1S/C36H30NO2.C13H12N.Ir/c1-21-16-29(26-12-8-11-25-24-10-6-7-15-32(24)38-33(25)26)35-30(17-21)27-13-9-14-28(34(27)39-35)31-18-23(19-36(3,4)5)22(2)20-37-31;1-10-3-6-12(7-4-10)13-8-5-11(2)9-14-13;/h6-13,15-18,20H,19H2,1-5H3;3-6,8-9H,1-2H3;/q2*-1;/i1D3,2D3,19D2;1D3,2D3;. The number of para-hydroxylation sites is 2. The van der Waals surface area contributed by atoms with Crippen molar-refractivity contribution in [1.29, 1.82) is 0 Å². The Balaban J connectivity index is 0.000000274. The van der Waals surface area contributed by atoms with Crippen LogP contribution in [0.1, 0.15) is 67.8 Å². The summed E-state index contributed by atoms with van der Waals surface area (Å²) < 4.78 is 124. The summed E-state index contributed by atoms with van der Waals surface area (Å²) in [5.41, 5.74) is 4.57. The van der Waals surface area contributed by atoms with E-state index in [4.69, 9.17) is 28.0 Å². The predicted octanol–water partition coefficient (Wildman–Crippen LogP) is 13.4.